The summed E-state index contributed by atoms with van der Waals surface area (Å²) in [6, 6.07) is -1.31. The summed E-state index contributed by atoms with van der Waals surface area (Å²) in [7, 11) is 0. The molecule has 110 valence electrons. The van der Waals surface area contributed by atoms with Gasteiger partial charge in [0.05, 0.1) is 13.2 Å². The largest absolute Gasteiger partial charge is 0.479 e. The number of nitrogens with zero attached hydrogens (tertiary/aromatic N) is 1. The molecule has 20 heavy (non-hydrogen) atoms. The van der Waals surface area contributed by atoms with Gasteiger partial charge in [-0.15, -0.1) is 0 Å². The lowest BCUT2D eigenvalue weighted by molar-refractivity contribution is -0.154. The molecule has 0 aliphatic carbocycles. The Balaban J connectivity index is 1.89. The first kappa shape index (κ1) is 14.3. The molecule has 0 aromatic rings. The summed E-state index contributed by atoms with van der Waals surface area (Å²) in [5.74, 6) is -2.04. The van der Waals surface area contributed by atoms with E-state index in [2.05, 4.69) is 10.6 Å². The van der Waals surface area contributed by atoms with Crippen molar-refractivity contribution in [1.29, 1.82) is 0 Å². The number of imide groups is 1. The van der Waals surface area contributed by atoms with Gasteiger partial charge >= 0.3 is 12.0 Å². The normalized spacial score (nSPS) is 26.9. The summed E-state index contributed by atoms with van der Waals surface area (Å²) in [6.45, 7) is 0.303. The van der Waals surface area contributed by atoms with Crippen LogP contribution >= 0.6 is 0 Å². The van der Waals surface area contributed by atoms with Crippen molar-refractivity contribution < 1.29 is 29.0 Å². The molecule has 9 nitrogen and oxygen atoms in total. The van der Waals surface area contributed by atoms with Crippen molar-refractivity contribution in [3.05, 3.63) is 0 Å². The molecule has 0 aromatic carbocycles. The minimum Gasteiger partial charge on any atom is -0.479 e. The van der Waals surface area contributed by atoms with Crippen LogP contribution < -0.4 is 10.6 Å². The maximum absolute atomic E-state index is 12.0. The Labute approximate surface area is 114 Å². The van der Waals surface area contributed by atoms with Gasteiger partial charge in [0.15, 0.2) is 6.10 Å². The van der Waals surface area contributed by atoms with E-state index >= 15 is 0 Å². The van der Waals surface area contributed by atoms with Crippen molar-refractivity contribution in [3.8, 4) is 0 Å². The van der Waals surface area contributed by atoms with Gasteiger partial charge < -0.3 is 20.1 Å². The van der Waals surface area contributed by atoms with Crippen molar-refractivity contribution in [1.82, 2.24) is 15.5 Å². The average molecular weight is 285 g/mol. The first-order valence-electron chi connectivity index (χ1n) is 6.21. The van der Waals surface area contributed by atoms with E-state index in [-0.39, 0.29) is 38.4 Å². The Morgan fingerprint density at radius 1 is 1.40 bits per heavy atom. The van der Waals surface area contributed by atoms with E-state index in [4.69, 9.17) is 9.84 Å². The van der Waals surface area contributed by atoms with Crippen molar-refractivity contribution >= 4 is 23.8 Å². The number of amides is 4. The second kappa shape index (κ2) is 5.87. The lowest BCUT2D eigenvalue weighted by Gasteiger charge is -2.32. The zero-order valence-electron chi connectivity index (χ0n) is 10.6. The van der Waals surface area contributed by atoms with Crippen LogP contribution in [0.1, 0.15) is 12.8 Å². The third-order valence-electron chi connectivity index (χ3n) is 3.17. The Bertz CT molecular complexity index is 451. The van der Waals surface area contributed by atoms with E-state index in [1.165, 1.54) is 4.90 Å². The van der Waals surface area contributed by atoms with Gasteiger partial charge in [-0.1, -0.05) is 0 Å². The maximum atomic E-state index is 12.0. The van der Waals surface area contributed by atoms with Gasteiger partial charge in [0.1, 0.15) is 6.04 Å². The Hall–Kier alpha value is -2.16. The molecule has 0 saturated carbocycles. The fourth-order valence-electron chi connectivity index (χ4n) is 2.05. The van der Waals surface area contributed by atoms with Gasteiger partial charge in [0.25, 0.3) is 0 Å². The number of hydrogen-bond donors (Lipinski definition) is 3. The summed E-state index contributed by atoms with van der Waals surface area (Å²) < 4.78 is 5.00. The summed E-state index contributed by atoms with van der Waals surface area (Å²) in [5.41, 5.74) is 0. The topological polar surface area (TPSA) is 125 Å². The summed E-state index contributed by atoms with van der Waals surface area (Å²) in [4.78, 5) is 46.6. The molecule has 2 fully saturated rings. The molecule has 9 heteroatoms. The molecule has 0 bridgehead atoms. The number of aliphatic carboxylic acids is 1. The predicted molar refractivity (Wildman–Crippen MR) is 63.7 cm³/mol. The monoisotopic (exact) mass is 285 g/mol. The molecule has 2 heterocycles. The van der Waals surface area contributed by atoms with Crippen molar-refractivity contribution in [2.45, 2.75) is 25.0 Å². The molecule has 0 radical (unpaired) electrons. The predicted octanol–water partition coefficient (Wildman–Crippen LogP) is -1.71. The van der Waals surface area contributed by atoms with Crippen molar-refractivity contribution in [2.24, 2.45) is 0 Å². The highest BCUT2D eigenvalue weighted by Gasteiger charge is 2.32. The van der Waals surface area contributed by atoms with E-state index in [0.717, 1.165) is 0 Å². The highest BCUT2D eigenvalue weighted by Crippen LogP contribution is 2.08. The number of carbonyl (C=O) groups excluding carboxylic acids is 3. The Morgan fingerprint density at radius 3 is 2.80 bits per heavy atom. The Morgan fingerprint density at radius 2 is 2.15 bits per heavy atom. The van der Waals surface area contributed by atoms with E-state index in [0.29, 0.717) is 0 Å². The number of carbonyl (C=O) groups is 4. The molecule has 0 aromatic heterocycles. The lowest BCUT2D eigenvalue weighted by Crippen LogP contribution is -2.58. The van der Waals surface area contributed by atoms with Crippen molar-refractivity contribution in [2.75, 3.05) is 19.7 Å². The number of piperidine rings is 1. The lowest BCUT2D eigenvalue weighted by atomic mass is 10.1. The highest BCUT2D eigenvalue weighted by atomic mass is 16.5. The molecule has 2 aliphatic heterocycles. The van der Waals surface area contributed by atoms with Gasteiger partial charge in [-0.2, -0.15) is 0 Å². The van der Waals surface area contributed by atoms with Crippen molar-refractivity contribution in [3.63, 3.8) is 0 Å². The molecule has 2 aliphatic rings. The van der Waals surface area contributed by atoms with Gasteiger partial charge in [0, 0.05) is 13.0 Å². The number of hydrogen-bond acceptors (Lipinski definition) is 5. The fraction of sp³-hybridized carbons (Fsp3) is 0.636. The van der Waals surface area contributed by atoms with E-state index in [1.54, 1.807) is 0 Å². The number of nitrogens with one attached hydrogen (secondary N) is 2. The first-order valence-corrected chi connectivity index (χ1v) is 6.21. The Kier molecular flexibility index (Phi) is 4.18. The summed E-state index contributed by atoms with van der Waals surface area (Å²) in [6.07, 6.45) is -0.656. The third kappa shape index (κ3) is 3.23. The standard InChI is InChI=1S/C11H15N3O6/c15-8-2-1-6(9(16)13-8)12-11(19)14-3-4-20-7(5-14)10(17)18/h6-7H,1-5H2,(H,12,19)(H,17,18)(H,13,15,16). The molecule has 0 spiro atoms. The molecule has 4 amide bonds. The second-order valence-corrected chi connectivity index (χ2v) is 4.60. The molecule has 2 saturated heterocycles. The van der Waals surface area contributed by atoms with Crippen LogP contribution in [-0.2, 0) is 19.1 Å². The van der Waals surface area contributed by atoms with Crippen LogP contribution in [0.25, 0.3) is 0 Å². The SMILES string of the molecule is O=C1CCC(NC(=O)N2CCOC(C(=O)O)C2)C(=O)N1. The minimum atomic E-state index is -1.14. The first-order chi connectivity index (χ1) is 9.47. The van der Waals surface area contributed by atoms with Crippen LogP contribution in [0.4, 0.5) is 4.79 Å². The van der Waals surface area contributed by atoms with Gasteiger partial charge in [0.2, 0.25) is 11.8 Å². The number of rotatable bonds is 2. The number of ether oxygens (including phenoxy) is 1. The smallest absolute Gasteiger partial charge is 0.334 e. The van der Waals surface area contributed by atoms with E-state index < -0.39 is 30.1 Å². The fourth-order valence-corrected chi connectivity index (χ4v) is 2.05. The minimum absolute atomic E-state index is 0.0750. The molecule has 2 rings (SSSR count). The maximum Gasteiger partial charge on any atom is 0.334 e. The quantitative estimate of drug-likeness (QED) is 0.519. The van der Waals surface area contributed by atoms with Crippen LogP contribution in [-0.4, -0.2) is 65.7 Å². The zero-order valence-corrected chi connectivity index (χ0v) is 10.6. The number of urea groups is 1. The average Bonchev–Trinajstić information content (AvgIpc) is 2.42. The van der Waals surface area contributed by atoms with Crippen LogP contribution in [0.3, 0.4) is 0 Å². The molecule has 2 atom stereocenters. The van der Waals surface area contributed by atoms with Crippen LogP contribution in [0.5, 0.6) is 0 Å². The van der Waals surface area contributed by atoms with E-state index in [9.17, 15) is 19.2 Å². The number of carboxylic acids is 1. The highest BCUT2D eigenvalue weighted by molar-refractivity contribution is 6.01. The van der Waals surface area contributed by atoms with Crippen LogP contribution in [0.15, 0.2) is 0 Å². The van der Waals surface area contributed by atoms with Gasteiger partial charge in [-0.05, 0) is 6.42 Å². The van der Waals surface area contributed by atoms with Crippen LogP contribution in [0, 0.1) is 0 Å². The van der Waals surface area contributed by atoms with Gasteiger partial charge in [-0.3, -0.25) is 14.9 Å². The summed E-state index contributed by atoms with van der Waals surface area (Å²) in [5, 5.41) is 13.5. The summed E-state index contributed by atoms with van der Waals surface area (Å²) >= 11 is 0. The molecule has 3 N–H and O–H groups in total. The molecular weight excluding hydrogens is 270 g/mol. The van der Waals surface area contributed by atoms with Crippen LogP contribution in [0.2, 0.25) is 0 Å². The zero-order chi connectivity index (χ0) is 14.7. The number of carboxylic acid groups (broad SMARTS) is 1. The molecular formula is C11H15N3O6. The van der Waals surface area contributed by atoms with Gasteiger partial charge in [-0.25, -0.2) is 9.59 Å². The number of morpholine rings is 1. The second-order valence-electron chi connectivity index (χ2n) is 4.60. The third-order valence-corrected chi connectivity index (χ3v) is 3.17. The molecule has 2 unspecified atom stereocenters. The van der Waals surface area contributed by atoms with E-state index in [1.807, 2.05) is 0 Å².